The van der Waals surface area contributed by atoms with Crippen LogP contribution in [0.4, 0.5) is 0 Å². The molecule has 11 heavy (non-hydrogen) atoms. The molecule has 0 bridgehead atoms. The van der Waals surface area contributed by atoms with Crippen molar-refractivity contribution in [1.29, 1.82) is 0 Å². The number of rotatable bonds is 1. The normalized spacial score (nSPS) is 19.7. The molecule has 2 N–H and O–H groups in total. The molecule has 0 radical (unpaired) electrons. The van der Waals surface area contributed by atoms with Crippen LogP contribution in [0.2, 0.25) is 0 Å². The van der Waals surface area contributed by atoms with Crippen LogP contribution in [-0.2, 0) is 5.60 Å². The lowest BCUT2D eigenvalue weighted by Gasteiger charge is -2.04. The van der Waals surface area contributed by atoms with Crippen molar-refractivity contribution in [3.8, 4) is 0 Å². The number of hydrogen-bond donors (Lipinski definition) is 2. The molecular weight excluding hydrogens is 142 g/mol. The number of nitrogens with one attached hydrogen (secondary N) is 1. The molecule has 1 aromatic heterocycles. The van der Waals surface area contributed by atoms with Gasteiger partial charge in [-0.05, 0) is 24.5 Å². The van der Waals surface area contributed by atoms with Gasteiger partial charge in [0.2, 0.25) is 5.56 Å². The second-order valence-corrected chi connectivity index (χ2v) is 2.97. The molecule has 0 aromatic carbocycles. The van der Waals surface area contributed by atoms with Gasteiger partial charge in [0.05, 0.1) is 5.60 Å². The zero-order valence-electron chi connectivity index (χ0n) is 6.00. The molecule has 0 aliphatic heterocycles. The average Bonchev–Trinajstić information content (AvgIpc) is 2.70. The Morgan fingerprint density at radius 3 is 2.82 bits per heavy atom. The van der Waals surface area contributed by atoms with Crippen LogP contribution >= 0.6 is 0 Å². The molecule has 0 unspecified atom stereocenters. The molecule has 0 saturated heterocycles. The van der Waals surface area contributed by atoms with E-state index in [1.165, 1.54) is 6.07 Å². The molecule has 0 amide bonds. The first-order chi connectivity index (χ1) is 5.21. The Bertz CT molecular complexity index is 325. The van der Waals surface area contributed by atoms with E-state index < -0.39 is 5.60 Å². The number of aromatic amines is 1. The SMILES string of the molecule is O=c1cc(C2(O)CC2)cc[nH]1. The molecule has 1 saturated carbocycles. The third kappa shape index (κ3) is 1.07. The molecular formula is C8H9NO2. The van der Waals surface area contributed by atoms with Gasteiger partial charge in [-0.25, -0.2) is 0 Å². The van der Waals surface area contributed by atoms with Crippen molar-refractivity contribution in [2.75, 3.05) is 0 Å². The van der Waals surface area contributed by atoms with Gasteiger partial charge >= 0.3 is 0 Å². The summed E-state index contributed by atoms with van der Waals surface area (Å²) in [6.45, 7) is 0. The summed E-state index contributed by atoms with van der Waals surface area (Å²) in [5.74, 6) is 0. The van der Waals surface area contributed by atoms with Crippen LogP contribution in [0.1, 0.15) is 18.4 Å². The van der Waals surface area contributed by atoms with Gasteiger partial charge in [0.25, 0.3) is 0 Å². The third-order valence-electron chi connectivity index (χ3n) is 2.04. The Labute approximate surface area is 63.7 Å². The number of aromatic nitrogens is 1. The quantitative estimate of drug-likeness (QED) is 0.608. The van der Waals surface area contributed by atoms with Crippen molar-refractivity contribution in [1.82, 2.24) is 4.98 Å². The molecule has 2 rings (SSSR count). The summed E-state index contributed by atoms with van der Waals surface area (Å²) in [5.41, 5.74) is -0.0991. The fourth-order valence-electron chi connectivity index (χ4n) is 1.14. The number of hydrogen-bond acceptors (Lipinski definition) is 2. The van der Waals surface area contributed by atoms with Gasteiger partial charge in [-0.2, -0.15) is 0 Å². The van der Waals surface area contributed by atoms with Gasteiger partial charge in [0.1, 0.15) is 0 Å². The van der Waals surface area contributed by atoms with E-state index in [0.717, 1.165) is 18.4 Å². The average molecular weight is 151 g/mol. The highest BCUT2D eigenvalue weighted by Crippen LogP contribution is 2.44. The molecule has 58 valence electrons. The summed E-state index contributed by atoms with van der Waals surface area (Å²) >= 11 is 0. The van der Waals surface area contributed by atoms with Crippen LogP contribution in [0.15, 0.2) is 23.1 Å². The lowest BCUT2D eigenvalue weighted by molar-refractivity contribution is 0.151. The molecule has 0 spiro atoms. The van der Waals surface area contributed by atoms with Crippen LogP contribution in [0.3, 0.4) is 0 Å². The highest BCUT2D eigenvalue weighted by molar-refractivity contribution is 5.24. The highest BCUT2D eigenvalue weighted by atomic mass is 16.3. The first-order valence-electron chi connectivity index (χ1n) is 3.62. The Balaban J connectivity index is 2.46. The van der Waals surface area contributed by atoms with E-state index >= 15 is 0 Å². The van der Waals surface area contributed by atoms with Crippen molar-refractivity contribution < 1.29 is 5.11 Å². The first kappa shape index (κ1) is 6.61. The second-order valence-electron chi connectivity index (χ2n) is 2.97. The Morgan fingerprint density at radius 1 is 1.55 bits per heavy atom. The van der Waals surface area contributed by atoms with E-state index in [1.807, 2.05) is 0 Å². The van der Waals surface area contributed by atoms with Crippen molar-refractivity contribution >= 4 is 0 Å². The van der Waals surface area contributed by atoms with Crippen LogP contribution in [0, 0.1) is 0 Å². The van der Waals surface area contributed by atoms with Gasteiger partial charge in [0, 0.05) is 12.3 Å². The smallest absolute Gasteiger partial charge is 0.248 e. The maximum absolute atomic E-state index is 10.8. The maximum Gasteiger partial charge on any atom is 0.248 e. The topological polar surface area (TPSA) is 53.1 Å². The van der Waals surface area contributed by atoms with E-state index in [2.05, 4.69) is 4.98 Å². The van der Waals surface area contributed by atoms with Crippen molar-refractivity contribution in [2.24, 2.45) is 0 Å². The minimum absolute atomic E-state index is 0.150. The predicted octanol–water partition coefficient (Wildman–Crippen LogP) is 0.356. The van der Waals surface area contributed by atoms with E-state index in [0.29, 0.717) is 0 Å². The summed E-state index contributed by atoms with van der Waals surface area (Å²) in [6, 6.07) is 3.20. The van der Waals surface area contributed by atoms with Gasteiger partial charge in [-0.3, -0.25) is 4.79 Å². The lowest BCUT2D eigenvalue weighted by Crippen LogP contribution is -2.11. The number of H-pyrrole nitrogens is 1. The molecule has 1 aliphatic rings. The second kappa shape index (κ2) is 1.95. The van der Waals surface area contributed by atoms with Gasteiger partial charge in [0.15, 0.2) is 0 Å². The first-order valence-corrected chi connectivity index (χ1v) is 3.62. The molecule has 3 nitrogen and oxygen atoms in total. The van der Waals surface area contributed by atoms with Crippen molar-refractivity contribution in [3.63, 3.8) is 0 Å². The molecule has 1 heterocycles. The molecule has 1 aliphatic carbocycles. The molecule has 1 aromatic rings. The third-order valence-corrected chi connectivity index (χ3v) is 2.04. The Hall–Kier alpha value is -1.09. The number of pyridine rings is 1. The van der Waals surface area contributed by atoms with Crippen LogP contribution in [-0.4, -0.2) is 10.1 Å². The van der Waals surface area contributed by atoms with Crippen LogP contribution in [0.5, 0.6) is 0 Å². The zero-order valence-corrected chi connectivity index (χ0v) is 6.00. The Morgan fingerprint density at radius 2 is 2.27 bits per heavy atom. The fourth-order valence-corrected chi connectivity index (χ4v) is 1.14. The van der Waals surface area contributed by atoms with Gasteiger partial charge < -0.3 is 10.1 Å². The summed E-state index contributed by atoms with van der Waals surface area (Å²) < 4.78 is 0. The summed E-state index contributed by atoms with van der Waals surface area (Å²) in [7, 11) is 0. The van der Waals surface area contributed by atoms with Gasteiger partial charge in [-0.15, -0.1) is 0 Å². The molecule has 1 fully saturated rings. The zero-order chi connectivity index (χ0) is 7.90. The van der Waals surface area contributed by atoms with Crippen molar-refractivity contribution in [2.45, 2.75) is 18.4 Å². The largest absolute Gasteiger partial charge is 0.385 e. The van der Waals surface area contributed by atoms with Crippen molar-refractivity contribution in [3.05, 3.63) is 34.2 Å². The van der Waals surface area contributed by atoms with Crippen LogP contribution < -0.4 is 5.56 Å². The molecule has 3 heteroatoms. The van der Waals surface area contributed by atoms with E-state index in [9.17, 15) is 9.90 Å². The minimum atomic E-state index is -0.686. The minimum Gasteiger partial charge on any atom is -0.385 e. The lowest BCUT2D eigenvalue weighted by atomic mass is 10.1. The van der Waals surface area contributed by atoms with E-state index in [1.54, 1.807) is 12.3 Å². The van der Waals surface area contributed by atoms with Gasteiger partial charge in [-0.1, -0.05) is 0 Å². The summed E-state index contributed by atoms with van der Waals surface area (Å²) in [4.78, 5) is 13.3. The highest BCUT2D eigenvalue weighted by Gasteiger charge is 2.42. The van der Waals surface area contributed by atoms with Crippen LogP contribution in [0.25, 0.3) is 0 Å². The predicted molar refractivity (Wildman–Crippen MR) is 40.2 cm³/mol. The maximum atomic E-state index is 10.8. The van der Waals surface area contributed by atoms with E-state index in [-0.39, 0.29) is 5.56 Å². The summed E-state index contributed by atoms with van der Waals surface area (Å²) in [6.07, 6.45) is 3.11. The number of aliphatic hydroxyl groups is 1. The monoisotopic (exact) mass is 151 g/mol. The Kier molecular flexibility index (Phi) is 1.17. The summed E-state index contributed by atoms with van der Waals surface area (Å²) in [5, 5.41) is 9.57. The fraction of sp³-hybridized carbons (Fsp3) is 0.375. The standard InChI is InChI=1S/C8H9NO2/c10-7-5-6(1-4-9-7)8(11)2-3-8/h1,4-5,11H,2-3H2,(H,9,10). The molecule has 0 atom stereocenters. The van der Waals surface area contributed by atoms with E-state index in [4.69, 9.17) is 0 Å².